The Balaban J connectivity index is 1.19. The van der Waals surface area contributed by atoms with Gasteiger partial charge in [-0.3, -0.25) is 0 Å². The third-order valence-corrected chi connectivity index (χ3v) is 14.6. The smallest absolute Gasteiger partial charge is 0.308 e. The molecule has 0 N–H and O–H groups in total. The van der Waals surface area contributed by atoms with Crippen molar-refractivity contribution in [3.8, 4) is 73.2 Å². The molecule has 0 atom stereocenters. The van der Waals surface area contributed by atoms with Gasteiger partial charge in [0.05, 0.1) is 39.0 Å². The first kappa shape index (κ1) is 50.0. The van der Waals surface area contributed by atoms with Gasteiger partial charge in [-0.1, -0.05) is 115 Å². The molecule has 0 saturated heterocycles. The number of hydrogen-bond donors (Lipinski definition) is 0. The molecule has 0 aliphatic carbocycles. The number of rotatable bonds is 7. The maximum atomic E-state index is 14.3. The lowest BCUT2D eigenvalue weighted by Gasteiger charge is -2.18. The van der Waals surface area contributed by atoms with Crippen molar-refractivity contribution in [3.05, 3.63) is 216 Å². The van der Waals surface area contributed by atoms with Crippen molar-refractivity contribution < 1.29 is 52.7 Å². The first-order chi connectivity index (χ1) is 37.1. The summed E-state index contributed by atoms with van der Waals surface area (Å²) in [6.07, 6.45) is -20.7. The number of benzene rings is 9. The number of halogens is 12. The van der Waals surface area contributed by atoms with Crippen molar-refractivity contribution in [1.82, 2.24) is 19.5 Å². The molecule has 0 amide bonds. The molecule has 0 bridgehead atoms. The summed E-state index contributed by atoms with van der Waals surface area (Å²) < 4.78 is 176. The Labute approximate surface area is 438 Å². The second kappa shape index (κ2) is 18.4. The van der Waals surface area contributed by atoms with Crippen LogP contribution >= 0.6 is 11.3 Å². The van der Waals surface area contributed by atoms with Gasteiger partial charge in [-0.25, -0.2) is 15.0 Å². The molecule has 78 heavy (non-hydrogen) atoms. The number of alkyl halides is 12. The third-order valence-electron chi connectivity index (χ3n) is 13.5. The topological polar surface area (TPSA) is 43.6 Å². The molecule has 3 heterocycles. The molecule has 0 spiro atoms. The Morgan fingerprint density at radius 3 is 1.18 bits per heavy atom. The number of hydrogen-bond acceptors (Lipinski definition) is 4. The van der Waals surface area contributed by atoms with E-state index in [1.807, 2.05) is 60.7 Å². The fraction of sp³-hybridized carbons (Fsp3) is 0.0656. The van der Waals surface area contributed by atoms with Crippen LogP contribution in [0, 0.1) is 0 Å². The summed E-state index contributed by atoms with van der Waals surface area (Å²) in [5.41, 5.74) is -3.67. The second-order valence-corrected chi connectivity index (χ2v) is 19.6. The summed E-state index contributed by atoms with van der Waals surface area (Å²) in [7, 11) is 0. The average molecular weight is 1080 g/mol. The van der Waals surface area contributed by atoms with Gasteiger partial charge in [-0.05, 0) is 112 Å². The Bertz CT molecular complexity index is 4070. The van der Waals surface area contributed by atoms with Crippen LogP contribution in [0.15, 0.2) is 194 Å². The van der Waals surface area contributed by atoms with Gasteiger partial charge in [0.2, 0.25) is 0 Å². The predicted octanol–water partition coefficient (Wildman–Crippen LogP) is 19.4. The molecule has 0 radical (unpaired) electrons. The molecule has 0 aliphatic heterocycles. The molecular formula is C61H32F12N4S. The van der Waals surface area contributed by atoms with Crippen molar-refractivity contribution in [2.24, 2.45) is 0 Å². The summed E-state index contributed by atoms with van der Waals surface area (Å²) in [6, 6.07) is 48.2. The Hall–Kier alpha value is -8.83. The molecule has 0 aliphatic rings. The van der Waals surface area contributed by atoms with E-state index in [9.17, 15) is 52.7 Å². The van der Waals surface area contributed by atoms with Crippen molar-refractivity contribution in [2.45, 2.75) is 24.7 Å². The highest BCUT2D eigenvalue weighted by Crippen LogP contribution is 2.46. The Kier molecular flexibility index (Phi) is 11.8. The van der Waals surface area contributed by atoms with E-state index in [1.165, 1.54) is 36.4 Å². The molecule has 9 aromatic carbocycles. The van der Waals surface area contributed by atoms with E-state index in [0.29, 0.717) is 57.3 Å². The van der Waals surface area contributed by atoms with E-state index in [0.717, 1.165) is 25.7 Å². The molecule has 0 unspecified atom stereocenters. The molecule has 12 aromatic rings. The van der Waals surface area contributed by atoms with Crippen molar-refractivity contribution in [2.75, 3.05) is 0 Å². The van der Waals surface area contributed by atoms with E-state index in [1.54, 1.807) is 76.6 Å². The molecule has 17 heteroatoms. The summed E-state index contributed by atoms with van der Waals surface area (Å²) >= 11 is 1.62. The second-order valence-electron chi connectivity index (χ2n) is 18.5. The van der Waals surface area contributed by atoms with Gasteiger partial charge in [0.15, 0.2) is 17.5 Å². The first-order valence-electron chi connectivity index (χ1n) is 23.8. The molecule has 0 fully saturated rings. The third kappa shape index (κ3) is 9.26. The quantitative estimate of drug-likeness (QED) is 0.149. The molecule has 386 valence electrons. The lowest BCUT2D eigenvalue weighted by atomic mass is 9.97. The van der Waals surface area contributed by atoms with Gasteiger partial charge < -0.3 is 4.57 Å². The number of thiophene rings is 1. The van der Waals surface area contributed by atoms with Crippen molar-refractivity contribution in [3.63, 3.8) is 0 Å². The van der Waals surface area contributed by atoms with E-state index in [-0.39, 0.29) is 57.5 Å². The predicted molar refractivity (Wildman–Crippen MR) is 280 cm³/mol. The van der Waals surface area contributed by atoms with Gasteiger partial charge >= 0.3 is 24.7 Å². The zero-order chi connectivity index (χ0) is 54.5. The minimum atomic E-state index is -5.18. The van der Waals surface area contributed by atoms with Gasteiger partial charge in [-0.2, -0.15) is 52.7 Å². The zero-order valence-electron chi connectivity index (χ0n) is 39.7. The SMILES string of the molecule is FC(F)(F)c1cc(-c2ccc3c4ccc(-c5cc(C(F)(F)F)cc(C(F)(F)F)c5)cc4n(-c4ccc(-c5ccc6sc7ccccc7c6c5)cc4-c4nc(-c5ccccc5)nc(-c5ccccc5)n4)c3c2)cc(C(F)(F)F)c1. The molecule has 12 rings (SSSR count). The minimum Gasteiger partial charge on any atom is -0.308 e. The highest BCUT2D eigenvalue weighted by Gasteiger charge is 2.39. The monoisotopic (exact) mass is 1080 g/mol. The highest BCUT2D eigenvalue weighted by atomic mass is 32.1. The van der Waals surface area contributed by atoms with Gasteiger partial charge in [0.25, 0.3) is 0 Å². The van der Waals surface area contributed by atoms with E-state index in [4.69, 9.17) is 15.0 Å². The van der Waals surface area contributed by atoms with Crippen LogP contribution in [0.4, 0.5) is 52.7 Å². The number of nitrogens with zero attached hydrogens (tertiary/aromatic N) is 4. The van der Waals surface area contributed by atoms with Crippen molar-refractivity contribution >= 4 is 53.3 Å². The number of aromatic nitrogens is 4. The Morgan fingerprint density at radius 2 is 0.692 bits per heavy atom. The highest BCUT2D eigenvalue weighted by molar-refractivity contribution is 7.25. The van der Waals surface area contributed by atoms with Crippen LogP contribution in [0.1, 0.15) is 22.3 Å². The fourth-order valence-electron chi connectivity index (χ4n) is 9.80. The average Bonchev–Trinajstić information content (AvgIpc) is 4.19. The van der Waals surface area contributed by atoms with Crippen LogP contribution in [-0.2, 0) is 24.7 Å². The van der Waals surface area contributed by atoms with Gasteiger partial charge in [0.1, 0.15) is 0 Å². The summed E-state index contributed by atoms with van der Waals surface area (Å²) in [6.45, 7) is 0. The van der Waals surface area contributed by atoms with E-state index in [2.05, 4.69) is 0 Å². The molecular weight excluding hydrogens is 1050 g/mol. The van der Waals surface area contributed by atoms with E-state index < -0.39 is 58.1 Å². The summed E-state index contributed by atoms with van der Waals surface area (Å²) in [4.78, 5) is 15.0. The maximum absolute atomic E-state index is 14.3. The van der Waals surface area contributed by atoms with Crippen LogP contribution in [-0.4, -0.2) is 19.5 Å². The van der Waals surface area contributed by atoms with Crippen LogP contribution in [0.2, 0.25) is 0 Å². The normalized spacial score (nSPS) is 12.6. The summed E-state index contributed by atoms with van der Waals surface area (Å²) in [5, 5.41) is 2.75. The van der Waals surface area contributed by atoms with Crippen LogP contribution in [0.5, 0.6) is 0 Å². The minimum absolute atomic E-state index is 0.0209. The van der Waals surface area contributed by atoms with Crippen LogP contribution < -0.4 is 0 Å². The maximum Gasteiger partial charge on any atom is 0.416 e. The Morgan fingerprint density at radius 1 is 0.295 bits per heavy atom. The largest absolute Gasteiger partial charge is 0.416 e. The molecule has 0 saturated carbocycles. The lowest BCUT2D eigenvalue weighted by molar-refractivity contribution is -0.144. The van der Waals surface area contributed by atoms with Crippen molar-refractivity contribution in [1.29, 1.82) is 0 Å². The first-order valence-corrected chi connectivity index (χ1v) is 24.6. The fourth-order valence-corrected chi connectivity index (χ4v) is 10.9. The van der Waals surface area contributed by atoms with Gasteiger partial charge in [-0.15, -0.1) is 11.3 Å². The summed E-state index contributed by atoms with van der Waals surface area (Å²) in [5.74, 6) is 0.608. The van der Waals surface area contributed by atoms with Crippen LogP contribution in [0.3, 0.4) is 0 Å². The van der Waals surface area contributed by atoms with Gasteiger partial charge in [0, 0.05) is 47.6 Å². The lowest BCUT2D eigenvalue weighted by Crippen LogP contribution is -2.11. The van der Waals surface area contributed by atoms with E-state index >= 15 is 0 Å². The van der Waals surface area contributed by atoms with Crippen LogP contribution in [0.25, 0.3) is 115 Å². The zero-order valence-corrected chi connectivity index (χ0v) is 40.5. The molecule has 4 nitrogen and oxygen atoms in total. The molecule has 3 aromatic heterocycles. The number of fused-ring (bicyclic) bond motifs is 6. The standard InChI is InChI=1S/C61H32F12N4S/c62-58(63,64)41-23-39(24-42(31-41)59(65,66)67)37-15-19-45-46-20-16-38(40-25-43(60(68,69)70)32-44(26-40)61(71,72)73)30-52(46)77(51(45)29-37)50-21-17-35(36-18-22-54-48(27-36)47-13-7-8-14-53(47)78-54)28-49(50)57-75-55(33-9-3-1-4-10-33)74-56(76-57)34-11-5-2-6-12-34/h1-32H.